The lowest BCUT2D eigenvalue weighted by atomic mass is 10.1. The van der Waals surface area contributed by atoms with Crippen molar-refractivity contribution in [3.05, 3.63) is 23.7 Å². The van der Waals surface area contributed by atoms with Crippen LogP contribution in [0.2, 0.25) is 0 Å². The van der Waals surface area contributed by atoms with Crippen molar-refractivity contribution >= 4 is 15.7 Å². The van der Waals surface area contributed by atoms with Crippen molar-refractivity contribution in [1.82, 2.24) is 5.32 Å². The van der Waals surface area contributed by atoms with E-state index in [2.05, 4.69) is 5.32 Å². The Kier molecular flexibility index (Phi) is 3.24. The van der Waals surface area contributed by atoms with Crippen molar-refractivity contribution in [3.8, 4) is 0 Å². The summed E-state index contributed by atoms with van der Waals surface area (Å²) in [5.41, 5.74) is 0.505. The van der Waals surface area contributed by atoms with E-state index in [1.54, 1.807) is 13.0 Å². The molecular formula is C11H15NO4S. The fraction of sp³-hybridized carbons (Fsp3) is 0.545. The zero-order valence-electron chi connectivity index (χ0n) is 9.60. The molecule has 1 aliphatic rings. The molecule has 0 bridgehead atoms. The van der Waals surface area contributed by atoms with Crippen LogP contribution in [0.4, 0.5) is 0 Å². The molecule has 1 amide bonds. The van der Waals surface area contributed by atoms with E-state index in [9.17, 15) is 13.2 Å². The Hall–Kier alpha value is -1.30. The molecule has 1 fully saturated rings. The van der Waals surface area contributed by atoms with E-state index >= 15 is 0 Å². The third-order valence-corrected chi connectivity index (χ3v) is 4.82. The normalized spacial score (nSPS) is 22.5. The van der Waals surface area contributed by atoms with Crippen molar-refractivity contribution in [2.45, 2.75) is 13.3 Å². The van der Waals surface area contributed by atoms with Crippen molar-refractivity contribution in [2.75, 3.05) is 18.1 Å². The largest absolute Gasteiger partial charge is 0.469 e. The summed E-state index contributed by atoms with van der Waals surface area (Å²) >= 11 is 0. The Morgan fingerprint density at radius 2 is 2.35 bits per heavy atom. The molecule has 0 spiro atoms. The van der Waals surface area contributed by atoms with Crippen LogP contribution in [-0.2, 0) is 9.84 Å². The second kappa shape index (κ2) is 4.52. The third-order valence-electron chi connectivity index (χ3n) is 2.98. The van der Waals surface area contributed by atoms with Crippen LogP contribution in [0.25, 0.3) is 0 Å². The number of nitrogens with one attached hydrogen (secondary N) is 1. The van der Waals surface area contributed by atoms with Crippen LogP contribution in [0.1, 0.15) is 22.5 Å². The Balaban J connectivity index is 1.88. The summed E-state index contributed by atoms with van der Waals surface area (Å²) in [6.45, 7) is 2.12. The molecule has 94 valence electrons. The number of rotatable bonds is 3. The first kappa shape index (κ1) is 12.2. The van der Waals surface area contributed by atoms with Crippen LogP contribution in [0.5, 0.6) is 0 Å². The average molecular weight is 257 g/mol. The number of hydrogen-bond acceptors (Lipinski definition) is 4. The molecule has 0 aromatic carbocycles. The van der Waals surface area contributed by atoms with E-state index in [4.69, 9.17) is 4.42 Å². The van der Waals surface area contributed by atoms with Gasteiger partial charge in [-0.25, -0.2) is 8.42 Å². The number of hydrogen-bond donors (Lipinski definition) is 1. The van der Waals surface area contributed by atoms with Crippen molar-refractivity contribution < 1.29 is 17.6 Å². The average Bonchev–Trinajstić information content (AvgIpc) is 2.81. The Labute approximate surface area is 100 Å². The zero-order valence-corrected chi connectivity index (χ0v) is 10.4. The smallest absolute Gasteiger partial charge is 0.254 e. The first-order valence-corrected chi connectivity index (χ1v) is 7.33. The van der Waals surface area contributed by atoms with E-state index in [0.29, 0.717) is 24.3 Å². The van der Waals surface area contributed by atoms with Gasteiger partial charge >= 0.3 is 0 Å². The highest BCUT2D eigenvalue weighted by Gasteiger charge is 2.28. The maximum atomic E-state index is 11.7. The molecule has 1 atom stereocenters. The lowest BCUT2D eigenvalue weighted by molar-refractivity contribution is 0.0947. The molecule has 6 heteroatoms. The lowest BCUT2D eigenvalue weighted by Gasteiger charge is -2.08. The van der Waals surface area contributed by atoms with Crippen LogP contribution in [-0.4, -0.2) is 32.4 Å². The van der Waals surface area contributed by atoms with Crippen LogP contribution in [0, 0.1) is 12.8 Å². The number of carbonyl (C=O) groups excluding carboxylic acids is 1. The minimum absolute atomic E-state index is 0.0381. The van der Waals surface area contributed by atoms with Gasteiger partial charge in [0.1, 0.15) is 5.76 Å². The molecule has 1 aromatic heterocycles. The van der Waals surface area contributed by atoms with Gasteiger partial charge in [-0.15, -0.1) is 0 Å². The predicted octanol–water partition coefficient (Wildman–Crippen LogP) is 0.753. The van der Waals surface area contributed by atoms with Crippen molar-refractivity contribution in [2.24, 2.45) is 5.92 Å². The van der Waals surface area contributed by atoms with E-state index in [0.717, 1.165) is 0 Å². The van der Waals surface area contributed by atoms with Crippen LogP contribution >= 0.6 is 0 Å². The lowest BCUT2D eigenvalue weighted by Crippen LogP contribution is -2.29. The summed E-state index contributed by atoms with van der Waals surface area (Å²) < 4.78 is 27.5. The Bertz CT molecular complexity index is 517. The highest BCUT2D eigenvalue weighted by molar-refractivity contribution is 7.91. The second-order valence-corrected chi connectivity index (χ2v) is 6.60. The number of amides is 1. The summed E-state index contributed by atoms with van der Waals surface area (Å²) in [7, 11) is -2.88. The van der Waals surface area contributed by atoms with E-state index < -0.39 is 9.84 Å². The number of furan rings is 1. The second-order valence-electron chi connectivity index (χ2n) is 4.37. The van der Waals surface area contributed by atoms with Gasteiger partial charge < -0.3 is 9.73 Å². The summed E-state index contributed by atoms with van der Waals surface area (Å²) in [6.07, 6.45) is 2.09. The van der Waals surface area contributed by atoms with E-state index in [1.807, 2.05) is 0 Å². The topological polar surface area (TPSA) is 76.4 Å². The molecule has 1 aromatic rings. The fourth-order valence-electron chi connectivity index (χ4n) is 1.99. The van der Waals surface area contributed by atoms with Crippen LogP contribution in [0.15, 0.2) is 16.7 Å². The minimum atomic E-state index is -2.88. The summed E-state index contributed by atoms with van der Waals surface area (Å²) in [5.74, 6) is 0.814. The fourth-order valence-corrected chi connectivity index (χ4v) is 3.85. The highest BCUT2D eigenvalue weighted by Crippen LogP contribution is 2.17. The third kappa shape index (κ3) is 2.88. The molecule has 17 heavy (non-hydrogen) atoms. The molecule has 2 heterocycles. The first-order chi connectivity index (χ1) is 7.98. The molecule has 1 aliphatic heterocycles. The van der Waals surface area contributed by atoms with Gasteiger partial charge in [-0.1, -0.05) is 0 Å². The summed E-state index contributed by atoms with van der Waals surface area (Å²) in [6, 6.07) is 1.61. The van der Waals surface area contributed by atoms with Crippen molar-refractivity contribution in [3.63, 3.8) is 0 Å². The quantitative estimate of drug-likeness (QED) is 0.867. The molecule has 2 rings (SSSR count). The van der Waals surface area contributed by atoms with Gasteiger partial charge in [0.25, 0.3) is 5.91 Å². The molecule has 1 unspecified atom stereocenters. The van der Waals surface area contributed by atoms with Gasteiger partial charge in [-0.3, -0.25) is 4.79 Å². The van der Waals surface area contributed by atoms with Gasteiger partial charge in [-0.05, 0) is 25.3 Å². The first-order valence-electron chi connectivity index (χ1n) is 5.50. The van der Waals surface area contributed by atoms with Gasteiger partial charge in [-0.2, -0.15) is 0 Å². The zero-order chi connectivity index (χ0) is 12.5. The molecule has 0 radical (unpaired) electrons. The number of carbonyl (C=O) groups is 1. The molecule has 0 aliphatic carbocycles. The Morgan fingerprint density at radius 3 is 2.88 bits per heavy atom. The standard InChI is InChI=1S/C11H15NO4S/c1-8-10(2-4-16-8)11(13)12-6-9-3-5-17(14,15)7-9/h2,4,9H,3,5-7H2,1H3,(H,12,13). The molecular weight excluding hydrogens is 242 g/mol. The van der Waals surface area contributed by atoms with Crippen molar-refractivity contribution in [1.29, 1.82) is 0 Å². The number of sulfone groups is 1. The minimum Gasteiger partial charge on any atom is -0.469 e. The highest BCUT2D eigenvalue weighted by atomic mass is 32.2. The summed E-state index contributed by atoms with van der Waals surface area (Å²) in [4.78, 5) is 11.7. The molecule has 1 N–H and O–H groups in total. The predicted molar refractivity (Wildman–Crippen MR) is 62.5 cm³/mol. The Morgan fingerprint density at radius 1 is 1.59 bits per heavy atom. The van der Waals surface area contributed by atoms with Gasteiger partial charge in [0.05, 0.1) is 23.3 Å². The maximum Gasteiger partial charge on any atom is 0.254 e. The number of aryl methyl sites for hydroxylation is 1. The van der Waals surface area contributed by atoms with E-state index in [1.165, 1.54) is 6.26 Å². The van der Waals surface area contributed by atoms with Gasteiger partial charge in [0, 0.05) is 6.54 Å². The van der Waals surface area contributed by atoms with E-state index in [-0.39, 0.29) is 23.3 Å². The summed E-state index contributed by atoms with van der Waals surface area (Å²) in [5, 5.41) is 2.74. The maximum absolute atomic E-state index is 11.7. The van der Waals surface area contributed by atoms with Gasteiger partial charge in [0.15, 0.2) is 9.84 Å². The monoisotopic (exact) mass is 257 g/mol. The van der Waals surface area contributed by atoms with Crippen LogP contribution in [0.3, 0.4) is 0 Å². The molecule has 5 nitrogen and oxygen atoms in total. The molecule has 0 saturated carbocycles. The van der Waals surface area contributed by atoms with Gasteiger partial charge in [0.2, 0.25) is 0 Å². The molecule has 1 saturated heterocycles. The van der Waals surface area contributed by atoms with Crippen LogP contribution < -0.4 is 5.32 Å². The SMILES string of the molecule is Cc1occc1C(=O)NCC1CCS(=O)(=O)C1.